The maximum absolute atomic E-state index is 11.4. The van der Waals surface area contributed by atoms with Gasteiger partial charge in [-0.05, 0) is 30.7 Å². The van der Waals surface area contributed by atoms with E-state index < -0.39 is 0 Å². The van der Waals surface area contributed by atoms with Crippen LogP contribution in [0, 0.1) is 0 Å². The van der Waals surface area contributed by atoms with Gasteiger partial charge in [0.05, 0.1) is 0 Å². The summed E-state index contributed by atoms with van der Waals surface area (Å²) in [7, 11) is 0. The average Bonchev–Trinajstić information content (AvgIpc) is 2.28. The molecule has 5 heteroatoms. The number of hydrogen-bond donors (Lipinski definition) is 1. The van der Waals surface area contributed by atoms with Crippen molar-refractivity contribution >= 4 is 33.4 Å². The second-order valence-corrected chi connectivity index (χ2v) is 5.66. The third kappa shape index (κ3) is 6.54. The third-order valence-corrected chi connectivity index (χ3v) is 2.76. The van der Waals surface area contributed by atoms with Gasteiger partial charge in [0, 0.05) is 16.4 Å². The predicted molar refractivity (Wildman–Crippen MR) is 73.0 cm³/mol. The molecule has 0 aromatic heterocycles. The Kier molecular flexibility index (Phi) is 6.37. The van der Waals surface area contributed by atoms with Crippen molar-refractivity contribution in [3.63, 3.8) is 0 Å². The van der Waals surface area contributed by atoms with Crippen LogP contribution in [0.15, 0.2) is 24.3 Å². The third-order valence-electron chi connectivity index (χ3n) is 2.05. The van der Waals surface area contributed by atoms with Crippen LogP contribution in [-0.4, -0.2) is 23.9 Å². The SMILES string of the molecule is CC(Br)CCNC(=O)COc1ccc(Cl)cc1. The van der Waals surface area contributed by atoms with Crippen LogP contribution < -0.4 is 10.1 Å². The van der Waals surface area contributed by atoms with E-state index in [0.717, 1.165) is 6.42 Å². The van der Waals surface area contributed by atoms with Crippen molar-refractivity contribution in [2.24, 2.45) is 0 Å². The molecule has 0 saturated carbocycles. The van der Waals surface area contributed by atoms with Gasteiger partial charge in [-0.2, -0.15) is 0 Å². The fourth-order valence-electron chi connectivity index (χ4n) is 1.14. The van der Waals surface area contributed by atoms with E-state index in [4.69, 9.17) is 16.3 Å². The maximum atomic E-state index is 11.4. The molecular weight excluding hydrogens is 305 g/mol. The highest BCUT2D eigenvalue weighted by atomic mass is 79.9. The van der Waals surface area contributed by atoms with Gasteiger partial charge in [0.25, 0.3) is 5.91 Å². The number of carbonyl (C=O) groups is 1. The Morgan fingerprint density at radius 1 is 1.47 bits per heavy atom. The van der Waals surface area contributed by atoms with Gasteiger partial charge in [-0.3, -0.25) is 4.79 Å². The molecule has 94 valence electrons. The summed E-state index contributed by atoms with van der Waals surface area (Å²) < 4.78 is 5.30. The first-order valence-corrected chi connectivity index (χ1v) is 6.66. The van der Waals surface area contributed by atoms with Crippen LogP contribution >= 0.6 is 27.5 Å². The predicted octanol–water partition coefficient (Wildman–Crippen LogP) is 3.01. The number of hydrogen-bond acceptors (Lipinski definition) is 2. The van der Waals surface area contributed by atoms with Gasteiger partial charge in [-0.25, -0.2) is 0 Å². The van der Waals surface area contributed by atoms with Crippen molar-refractivity contribution in [2.75, 3.05) is 13.2 Å². The van der Waals surface area contributed by atoms with E-state index in [2.05, 4.69) is 21.2 Å². The number of benzene rings is 1. The average molecular weight is 321 g/mol. The number of rotatable bonds is 6. The Hall–Kier alpha value is -0.740. The fourth-order valence-corrected chi connectivity index (χ4v) is 1.50. The lowest BCUT2D eigenvalue weighted by Gasteiger charge is -2.08. The molecule has 0 radical (unpaired) electrons. The van der Waals surface area contributed by atoms with Crippen LogP contribution in [0.25, 0.3) is 0 Å². The summed E-state index contributed by atoms with van der Waals surface area (Å²) in [6, 6.07) is 6.91. The molecular formula is C12H15BrClNO2. The lowest BCUT2D eigenvalue weighted by molar-refractivity contribution is -0.123. The Morgan fingerprint density at radius 3 is 2.71 bits per heavy atom. The Morgan fingerprint density at radius 2 is 2.12 bits per heavy atom. The lowest BCUT2D eigenvalue weighted by atomic mass is 10.3. The van der Waals surface area contributed by atoms with Crippen LogP contribution in [0.5, 0.6) is 5.75 Å². The number of ether oxygens (including phenoxy) is 1. The fraction of sp³-hybridized carbons (Fsp3) is 0.417. The molecule has 3 nitrogen and oxygen atoms in total. The molecule has 0 spiro atoms. The second-order valence-electron chi connectivity index (χ2n) is 3.66. The number of nitrogens with one attached hydrogen (secondary N) is 1. The highest BCUT2D eigenvalue weighted by Gasteiger charge is 2.03. The van der Waals surface area contributed by atoms with Crippen LogP contribution in [0.1, 0.15) is 13.3 Å². The lowest BCUT2D eigenvalue weighted by Crippen LogP contribution is -2.30. The molecule has 1 unspecified atom stereocenters. The molecule has 0 aliphatic heterocycles. The van der Waals surface area contributed by atoms with E-state index in [9.17, 15) is 4.79 Å². The minimum absolute atomic E-state index is 0.0261. The minimum atomic E-state index is -0.117. The number of halogens is 2. The van der Waals surface area contributed by atoms with Gasteiger partial charge < -0.3 is 10.1 Å². The topological polar surface area (TPSA) is 38.3 Å². The molecule has 0 fully saturated rings. The van der Waals surface area contributed by atoms with Gasteiger partial charge in [-0.15, -0.1) is 0 Å². The highest BCUT2D eigenvalue weighted by molar-refractivity contribution is 9.09. The number of carbonyl (C=O) groups excluding carboxylic acids is 1. The summed E-state index contributed by atoms with van der Waals surface area (Å²) in [5, 5.41) is 3.42. The summed E-state index contributed by atoms with van der Waals surface area (Å²) in [4.78, 5) is 11.8. The van der Waals surface area contributed by atoms with Crippen LogP contribution in [0.3, 0.4) is 0 Å². The normalized spacial score (nSPS) is 11.9. The van der Waals surface area contributed by atoms with Crippen molar-refractivity contribution in [1.29, 1.82) is 0 Å². The van der Waals surface area contributed by atoms with E-state index in [-0.39, 0.29) is 12.5 Å². The molecule has 1 rings (SSSR count). The first-order valence-electron chi connectivity index (χ1n) is 5.37. The standard InChI is InChI=1S/C12H15BrClNO2/c1-9(13)6-7-15-12(16)8-17-11-4-2-10(14)3-5-11/h2-5,9H,6-8H2,1H3,(H,15,16). The largest absolute Gasteiger partial charge is 0.484 e. The zero-order valence-corrected chi connectivity index (χ0v) is 11.9. The Labute approximate surface area is 115 Å². The van der Waals surface area contributed by atoms with Crippen LogP contribution in [0.2, 0.25) is 5.02 Å². The van der Waals surface area contributed by atoms with Crippen LogP contribution in [0.4, 0.5) is 0 Å². The summed E-state index contributed by atoms with van der Waals surface area (Å²) in [6.45, 7) is 2.71. The molecule has 0 heterocycles. The van der Waals surface area contributed by atoms with Crippen molar-refractivity contribution in [3.8, 4) is 5.75 Å². The van der Waals surface area contributed by atoms with Gasteiger partial charge >= 0.3 is 0 Å². The molecule has 0 bridgehead atoms. The van der Waals surface area contributed by atoms with Crippen LogP contribution in [-0.2, 0) is 4.79 Å². The summed E-state index contributed by atoms with van der Waals surface area (Å²) in [5.74, 6) is 0.520. The van der Waals surface area contributed by atoms with Crippen molar-refractivity contribution in [2.45, 2.75) is 18.2 Å². The molecule has 1 aromatic carbocycles. The van der Waals surface area contributed by atoms with E-state index in [1.807, 2.05) is 6.92 Å². The van der Waals surface area contributed by atoms with Gasteiger partial charge in [0.2, 0.25) is 0 Å². The maximum Gasteiger partial charge on any atom is 0.257 e. The number of amides is 1. The zero-order chi connectivity index (χ0) is 12.7. The zero-order valence-electron chi connectivity index (χ0n) is 9.58. The van der Waals surface area contributed by atoms with Gasteiger partial charge in [0.15, 0.2) is 6.61 Å². The van der Waals surface area contributed by atoms with Crippen molar-refractivity contribution in [3.05, 3.63) is 29.3 Å². The van der Waals surface area contributed by atoms with Gasteiger partial charge in [0.1, 0.15) is 5.75 Å². The Balaban J connectivity index is 2.21. The molecule has 1 N–H and O–H groups in total. The monoisotopic (exact) mass is 319 g/mol. The van der Waals surface area contributed by atoms with E-state index >= 15 is 0 Å². The quantitative estimate of drug-likeness (QED) is 0.818. The highest BCUT2D eigenvalue weighted by Crippen LogP contribution is 2.15. The Bertz CT molecular complexity index is 354. The molecule has 0 saturated heterocycles. The molecule has 0 aliphatic carbocycles. The summed E-state index contributed by atoms with van der Waals surface area (Å²) >= 11 is 9.15. The molecule has 1 amide bonds. The van der Waals surface area contributed by atoms with E-state index in [0.29, 0.717) is 22.1 Å². The van der Waals surface area contributed by atoms with Crippen molar-refractivity contribution in [1.82, 2.24) is 5.32 Å². The van der Waals surface area contributed by atoms with Crippen molar-refractivity contribution < 1.29 is 9.53 Å². The first kappa shape index (κ1) is 14.3. The van der Waals surface area contributed by atoms with E-state index in [1.54, 1.807) is 24.3 Å². The smallest absolute Gasteiger partial charge is 0.257 e. The summed E-state index contributed by atoms with van der Waals surface area (Å²) in [5.41, 5.74) is 0. The van der Waals surface area contributed by atoms with E-state index in [1.165, 1.54) is 0 Å². The molecule has 1 atom stereocenters. The first-order chi connectivity index (χ1) is 8.08. The molecule has 17 heavy (non-hydrogen) atoms. The summed E-state index contributed by atoms with van der Waals surface area (Å²) in [6.07, 6.45) is 0.896. The molecule has 1 aromatic rings. The second kappa shape index (κ2) is 7.56. The van der Waals surface area contributed by atoms with Gasteiger partial charge in [-0.1, -0.05) is 34.5 Å². The number of alkyl halides is 1. The minimum Gasteiger partial charge on any atom is -0.484 e. The molecule has 0 aliphatic rings.